The minimum Gasteiger partial charge on any atom is -0.173 e. The lowest BCUT2D eigenvalue weighted by molar-refractivity contribution is -0.136. The van der Waals surface area contributed by atoms with Crippen LogP contribution in [-0.2, 0) is 6.18 Å². The summed E-state index contributed by atoms with van der Waals surface area (Å²) in [4.78, 5) is 0. The maximum absolute atomic E-state index is 12.3. The van der Waals surface area contributed by atoms with Crippen molar-refractivity contribution in [2.45, 2.75) is 6.18 Å². The van der Waals surface area contributed by atoms with Crippen LogP contribution in [0.3, 0.4) is 0 Å². The molecular weight excluding hydrogens is 201 g/mol. The largest absolute Gasteiger partial charge is 0.419 e. The van der Waals surface area contributed by atoms with E-state index in [0.717, 1.165) is 11.7 Å². The van der Waals surface area contributed by atoms with Crippen molar-refractivity contribution in [1.82, 2.24) is 8.75 Å². The molecule has 0 unspecified atom stereocenters. The molecule has 1 radical (unpaired) electrons. The first kappa shape index (κ1) is 8.43. The number of rotatable bonds is 0. The number of fused-ring (bicyclic) bond motifs is 1. The van der Waals surface area contributed by atoms with Gasteiger partial charge in [0.2, 0.25) is 0 Å². The van der Waals surface area contributed by atoms with E-state index < -0.39 is 11.7 Å². The second-order valence-corrected chi connectivity index (χ2v) is 2.88. The zero-order valence-corrected chi connectivity index (χ0v) is 6.91. The topological polar surface area (TPSA) is 25.8 Å². The SMILES string of the molecule is FC(F)(F)c1[c]ccc2nsnc12. The molecule has 0 saturated carbocycles. The first-order valence-electron chi connectivity index (χ1n) is 3.29. The monoisotopic (exact) mass is 203 g/mol. The van der Waals surface area contributed by atoms with Gasteiger partial charge in [-0.05, 0) is 12.1 Å². The van der Waals surface area contributed by atoms with E-state index in [0.29, 0.717) is 0 Å². The molecule has 0 bridgehead atoms. The molecule has 0 fully saturated rings. The highest BCUT2D eigenvalue weighted by Crippen LogP contribution is 2.33. The van der Waals surface area contributed by atoms with Crippen molar-refractivity contribution in [2.75, 3.05) is 0 Å². The molecular formula is C7H2F3N2S. The second-order valence-electron chi connectivity index (χ2n) is 2.35. The van der Waals surface area contributed by atoms with Crippen LogP contribution in [0.5, 0.6) is 0 Å². The van der Waals surface area contributed by atoms with Crippen molar-refractivity contribution in [3.63, 3.8) is 0 Å². The molecule has 0 atom stereocenters. The highest BCUT2D eigenvalue weighted by Gasteiger charge is 2.33. The smallest absolute Gasteiger partial charge is 0.173 e. The Morgan fingerprint density at radius 2 is 2.08 bits per heavy atom. The molecule has 67 valence electrons. The van der Waals surface area contributed by atoms with Crippen LogP contribution in [-0.4, -0.2) is 8.75 Å². The molecule has 0 N–H and O–H groups in total. The molecule has 1 heterocycles. The molecule has 0 aliphatic carbocycles. The second kappa shape index (κ2) is 2.66. The van der Waals surface area contributed by atoms with Gasteiger partial charge in [0.1, 0.15) is 11.0 Å². The number of aromatic nitrogens is 2. The average Bonchev–Trinajstić information content (AvgIpc) is 2.48. The molecule has 0 amide bonds. The summed E-state index contributed by atoms with van der Waals surface area (Å²) < 4.78 is 44.2. The molecule has 1 aromatic carbocycles. The zero-order chi connectivity index (χ0) is 9.47. The zero-order valence-electron chi connectivity index (χ0n) is 6.09. The molecule has 13 heavy (non-hydrogen) atoms. The van der Waals surface area contributed by atoms with Gasteiger partial charge in [-0.3, -0.25) is 0 Å². The van der Waals surface area contributed by atoms with Crippen molar-refractivity contribution in [3.05, 3.63) is 23.8 Å². The molecule has 2 rings (SSSR count). The summed E-state index contributed by atoms with van der Waals surface area (Å²) in [7, 11) is 0. The Bertz CT molecular complexity index is 434. The van der Waals surface area contributed by atoms with Gasteiger partial charge in [-0.25, -0.2) is 0 Å². The summed E-state index contributed by atoms with van der Waals surface area (Å²) in [6.45, 7) is 0. The summed E-state index contributed by atoms with van der Waals surface area (Å²) in [5, 5.41) is 0. The van der Waals surface area contributed by atoms with E-state index in [1.807, 2.05) is 0 Å². The van der Waals surface area contributed by atoms with E-state index in [4.69, 9.17) is 0 Å². The van der Waals surface area contributed by atoms with Crippen LogP contribution >= 0.6 is 11.7 Å². The van der Waals surface area contributed by atoms with Gasteiger partial charge in [-0.15, -0.1) is 0 Å². The van der Waals surface area contributed by atoms with Crippen molar-refractivity contribution < 1.29 is 13.2 Å². The lowest BCUT2D eigenvalue weighted by Gasteiger charge is -2.04. The van der Waals surface area contributed by atoms with Gasteiger partial charge in [0.05, 0.1) is 17.3 Å². The molecule has 2 nitrogen and oxygen atoms in total. The minimum atomic E-state index is -4.41. The van der Waals surface area contributed by atoms with Gasteiger partial charge in [0.25, 0.3) is 0 Å². The number of hydrogen-bond acceptors (Lipinski definition) is 3. The van der Waals surface area contributed by atoms with Gasteiger partial charge in [0, 0.05) is 0 Å². The lowest BCUT2D eigenvalue weighted by Crippen LogP contribution is -2.05. The summed E-state index contributed by atoms with van der Waals surface area (Å²) in [6, 6.07) is 4.77. The van der Waals surface area contributed by atoms with E-state index >= 15 is 0 Å². The number of nitrogens with zero attached hydrogens (tertiary/aromatic N) is 2. The van der Waals surface area contributed by atoms with Crippen LogP contribution in [0.2, 0.25) is 0 Å². The molecule has 1 aromatic heterocycles. The van der Waals surface area contributed by atoms with E-state index in [1.165, 1.54) is 12.1 Å². The van der Waals surface area contributed by atoms with Crippen LogP contribution < -0.4 is 0 Å². The number of benzene rings is 1. The van der Waals surface area contributed by atoms with E-state index in [2.05, 4.69) is 14.8 Å². The fourth-order valence-corrected chi connectivity index (χ4v) is 1.51. The molecule has 6 heteroatoms. The Kier molecular flexibility index (Phi) is 1.73. The molecule has 0 aliphatic heterocycles. The van der Waals surface area contributed by atoms with Crippen LogP contribution in [0.25, 0.3) is 11.0 Å². The third-order valence-corrected chi connectivity index (χ3v) is 2.05. The predicted molar refractivity (Wildman–Crippen MR) is 41.3 cm³/mol. The summed E-state index contributed by atoms with van der Waals surface area (Å²) in [6.07, 6.45) is -4.41. The molecule has 0 aliphatic rings. The normalized spacial score (nSPS) is 12.2. The van der Waals surface area contributed by atoms with Crippen molar-refractivity contribution in [1.29, 1.82) is 0 Å². The number of halogens is 3. The van der Waals surface area contributed by atoms with Gasteiger partial charge >= 0.3 is 6.18 Å². The Morgan fingerprint density at radius 1 is 1.31 bits per heavy atom. The average molecular weight is 203 g/mol. The fourth-order valence-electron chi connectivity index (χ4n) is 0.967. The first-order valence-corrected chi connectivity index (χ1v) is 4.02. The Hall–Kier alpha value is -1.17. The maximum atomic E-state index is 12.3. The quantitative estimate of drug-likeness (QED) is 0.657. The third-order valence-electron chi connectivity index (χ3n) is 1.50. The Labute approximate surface area is 75.3 Å². The maximum Gasteiger partial charge on any atom is 0.419 e. The molecule has 0 spiro atoms. The van der Waals surface area contributed by atoms with Crippen LogP contribution in [0.4, 0.5) is 13.2 Å². The summed E-state index contributed by atoms with van der Waals surface area (Å²) in [5.41, 5.74) is -0.713. The number of alkyl halides is 3. The van der Waals surface area contributed by atoms with Gasteiger partial charge in [-0.2, -0.15) is 21.9 Å². The summed E-state index contributed by atoms with van der Waals surface area (Å²) >= 11 is 0.763. The van der Waals surface area contributed by atoms with E-state index in [1.54, 1.807) is 0 Å². The van der Waals surface area contributed by atoms with Crippen LogP contribution in [0.1, 0.15) is 5.56 Å². The molecule has 2 aromatic rings. The van der Waals surface area contributed by atoms with Gasteiger partial charge in [-0.1, -0.05) is 6.07 Å². The predicted octanol–water partition coefficient (Wildman–Crippen LogP) is 2.51. The van der Waals surface area contributed by atoms with E-state index in [-0.39, 0.29) is 11.0 Å². The minimum absolute atomic E-state index is 0.125. The first-order chi connectivity index (χ1) is 6.09. The van der Waals surface area contributed by atoms with Crippen molar-refractivity contribution in [3.8, 4) is 0 Å². The fraction of sp³-hybridized carbons (Fsp3) is 0.143. The Balaban J connectivity index is 2.75. The standard InChI is InChI=1S/C7H2F3N2S/c8-7(9,10)4-2-1-3-5-6(4)12-13-11-5/h1,3H. The summed E-state index contributed by atoms with van der Waals surface area (Å²) in [5.74, 6) is 0. The highest BCUT2D eigenvalue weighted by atomic mass is 32.1. The van der Waals surface area contributed by atoms with Crippen LogP contribution in [0.15, 0.2) is 12.1 Å². The molecule has 0 saturated heterocycles. The van der Waals surface area contributed by atoms with Crippen molar-refractivity contribution in [2.24, 2.45) is 0 Å². The highest BCUT2D eigenvalue weighted by molar-refractivity contribution is 7.00. The van der Waals surface area contributed by atoms with Crippen molar-refractivity contribution >= 4 is 22.8 Å². The number of hydrogen-bond donors (Lipinski definition) is 0. The van der Waals surface area contributed by atoms with Gasteiger partial charge in [0.15, 0.2) is 0 Å². The van der Waals surface area contributed by atoms with Crippen LogP contribution in [0, 0.1) is 6.07 Å². The van der Waals surface area contributed by atoms with Gasteiger partial charge < -0.3 is 0 Å². The lowest BCUT2D eigenvalue weighted by atomic mass is 10.2. The van der Waals surface area contributed by atoms with E-state index in [9.17, 15) is 13.2 Å². The Morgan fingerprint density at radius 3 is 2.77 bits per heavy atom. The third kappa shape index (κ3) is 1.37.